The molecule has 0 amide bonds. The minimum atomic E-state index is -2.48. The molecule has 4 N–H and O–H groups in total. The van der Waals surface area contributed by atoms with E-state index in [1.165, 1.54) is 11.4 Å². The standard InChI is InChI=1S/C16H23ClN5O4PS2/c1-3-25-27(28,26-4-2)29-6-16-5-8(16)10(11(23)12(16)24)22-7-19-9-13(18)20-15(17)21-14(9)22/h7-8,10-12,23-24H,3-6H2,1-2H3,(H2,18,20,21)/t8-,10-,11+,12+,16+/m1/s1. The lowest BCUT2D eigenvalue weighted by Gasteiger charge is -2.26. The smallest absolute Gasteiger partial charge is 0.247 e. The van der Waals surface area contributed by atoms with Crippen molar-refractivity contribution >= 4 is 57.5 Å². The number of fused-ring (bicyclic) bond motifs is 2. The van der Waals surface area contributed by atoms with E-state index >= 15 is 0 Å². The van der Waals surface area contributed by atoms with Gasteiger partial charge in [-0.15, -0.1) is 0 Å². The Morgan fingerprint density at radius 2 is 2.07 bits per heavy atom. The van der Waals surface area contributed by atoms with Crippen LogP contribution in [-0.4, -0.2) is 60.9 Å². The summed E-state index contributed by atoms with van der Waals surface area (Å²) in [5, 5.41) is 21.7. The molecule has 9 nitrogen and oxygen atoms in total. The summed E-state index contributed by atoms with van der Waals surface area (Å²) in [6.45, 7) is 4.70. The van der Waals surface area contributed by atoms with Crippen molar-refractivity contribution in [2.24, 2.45) is 11.3 Å². The lowest BCUT2D eigenvalue weighted by molar-refractivity contribution is -0.0126. The van der Waals surface area contributed by atoms with Crippen molar-refractivity contribution in [3.05, 3.63) is 11.6 Å². The summed E-state index contributed by atoms with van der Waals surface area (Å²) in [5.41, 5.74) is 3.83. The fourth-order valence-corrected chi connectivity index (χ4v) is 9.59. The first-order valence-electron chi connectivity index (χ1n) is 9.31. The molecule has 2 fully saturated rings. The van der Waals surface area contributed by atoms with E-state index in [0.29, 0.717) is 30.1 Å². The SMILES string of the molecule is CCOP(=S)(OCC)SC[C@@]12C[C@@H]1[C@@H](n1cnc3c(N)nc(Cl)nc31)[C@H](O)[C@@H]2O. The van der Waals surface area contributed by atoms with E-state index in [4.69, 9.17) is 38.2 Å². The lowest BCUT2D eigenvalue weighted by Crippen LogP contribution is -2.35. The number of nitrogen functional groups attached to an aromatic ring is 1. The zero-order valence-electron chi connectivity index (χ0n) is 15.9. The first-order chi connectivity index (χ1) is 13.8. The molecule has 0 aliphatic heterocycles. The number of nitrogens with zero attached hydrogens (tertiary/aromatic N) is 4. The largest absolute Gasteiger partial charge is 0.390 e. The van der Waals surface area contributed by atoms with Crippen molar-refractivity contribution in [3.8, 4) is 0 Å². The average molecular weight is 480 g/mol. The first kappa shape index (κ1) is 21.7. The van der Waals surface area contributed by atoms with Gasteiger partial charge in [-0.3, -0.25) is 0 Å². The molecule has 160 valence electrons. The van der Waals surface area contributed by atoms with Crippen molar-refractivity contribution < 1.29 is 19.3 Å². The molecular weight excluding hydrogens is 457 g/mol. The Hall–Kier alpha value is -0.520. The number of aliphatic hydroxyl groups is 2. The zero-order valence-corrected chi connectivity index (χ0v) is 19.2. The summed E-state index contributed by atoms with van der Waals surface area (Å²) >= 11 is 13.0. The first-order valence-corrected chi connectivity index (χ1v) is 13.9. The summed E-state index contributed by atoms with van der Waals surface area (Å²) in [6.07, 6.45) is 0.450. The van der Waals surface area contributed by atoms with Gasteiger partial charge in [-0.05, 0) is 49.6 Å². The molecule has 29 heavy (non-hydrogen) atoms. The van der Waals surface area contributed by atoms with Crippen LogP contribution in [0.2, 0.25) is 5.28 Å². The average Bonchev–Trinajstić information content (AvgIpc) is 3.16. The van der Waals surface area contributed by atoms with Gasteiger partial charge in [0.2, 0.25) is 11.0 Å². The number of hydrogen-bond acceptors (Lipinski definition) is 10. The van der Waals surface area contributed by atoms with E-state index in [-0.39, 0.29) is 17.0 Å². The normalized spacial score (nSPS) is 31.3. The van der Waals surface area contributed by atoms with Crippen LogP contribution in [0.15, 0.2) is 6.33 Å². The third-order valence-corrected chi connectivity index (χ3v) is 11.5. The van der Waals surface area contributed by atoms with Gasteiger partial charge in [0, 0.05) is 11.2 Å². The molecule has 2 heterocycles. The lowest BCUT2D eigenvalue weighted by atomic mass is 10.0. The highest BCUT2D eigenvalue weighted by molar-refractivity contribution is 8.67. The molecule has 2 aliphatic carbocycles. The molecule has 0 spiro atoms. The van der Waals surface area contributed by atoms with Crippen molar-refractivity contribution in [1.29, 1.82) is 0 Å². The second-order valence-corrected chi connectivity index (χ2v) is 13.9. The summed E-state index contributed by atoms with van der Waals surface area (Å²) in [5.74, 6) is 0.770. The van der Waals surface area contributed by atoms with Gasteiger partial charge in [0.25, 0.3) is 0 Å². The number of rotatable bonds is 8. The van der Waals surface area contributed by atoms with Crippen molar-refractivity contribution in [1.82, 2.24) is 19.5 Å². The molecule has 5 atom stereocenters. The number of nitrogens with two attached hydrogens (primary N) is 1. The van der Waals surface area contributed by atoms with Gasteiger partial charge in [-0.1, -0.05) is 11.4 Å². The molecule has 13 heteroatoms. The molecule has 0 bridgehead atoms. The number of aromatic nitrogens is 4. The maximum absolute atomic E-state index is 10.9. The molecule has 0 radical (unpaired) electrons. The monoisotopic (exact) mass is 479 g/mol. The second-order valence-electron chi connectivity index (χ2n) is 7.23. The number of imidazole rings is 1. The molecule has 4 rings (SSSR count). The Bertz CT molecular complexity index is 970. The quantitative estimate of drug-likeness (QED) is 0.383. The minimum Gasteiger partial charge on any atom is -0.390 e. The summed E-state index contributed by atoms with van der Waals surface area (Å²) in [6, 6.07) is -0.391. The van der Waals surface area contributed by atoms with E-state index in [9.17, 15) is 10.2 Å². The predicted octanol–water partition coefficient (Wildman–Crippen LogP) is 2.38. The topological polar surface area (TPSA) is 129 Å². The molecule has 2 aromatic rings. The van der Waals surface area contributed by atoms with Crippen LogP contribution in [0.1, 0.15) is 26.3 Å². The highest BCUT2D eigenvalue weighted by atomic mass is 35.5. The van der Waals surface area contributed by atoms with Gasteiger partial charge in [-0.25, -0.2) is 4.98 Å². The van der Waals surface area contributed by atoms with E-state index in [1.54, 1.807) is 10.9 Å². The van der Waals surface area contributed by atoms with Crippen molar-refractivity contribution in [2.75, 3.05) is 24.7 Å². The Morgan fingerprint density at radius 1 is 1.38 bits per heavy atom. The minimum absolute atomic E-state index is 0.0107. The van der Waals surface area contributed by atoms with E-state index < -0.39 is 29.4 Å². The van der Waals surface area contributed by atoms with E-state index in [2.05, 4.69) is 15.0 Å². The summed E-state index contributed by atoms with van der Waals surface area (Å²) < 4.78 is 13.1. The van der Waals surface area contributed by atoms with Gasteiger partial charge < -0.3 is 29.6 Å². The maximum atomic E-state index is 10.9. The molecule has 2 aromatic heterocycles. The van der Waals surface area contributed by atoms with Gasteiger partial charge in [-0.2, -0.15) is 9.97 Å². The molecule has 0 aromatic carbocycles. The Kier molecular flexibility index (Phi) is 5.89. The molecular formula is C16H23ClN5O4PS2. The maximum Gasteiger partial charge on any atom is 0.247 e. The molecule has 0 unspecified atom stereocenters. The Morgan fingerprint density at radius 3 is 2.72 bits per heavy atom. The van der Waals surface area contributed by atoms with Crippen LogP contribution in [0.4, 0.5) is 5.82 Å². The van der Waals surface area contributed by atoms with Crippen LogP contribution in [-0.2, 0) is 20.9 Å². The Labute approximate surface area is 182 Å². The third kappa shape index (κ3) is 3.59. The zero-order chi connectivity index (χ0) is 21.0. The van der Waals surface area contributed by atoms with Gasteiger partial charge in [0.1, 0.15) is 11.6 Å². The van der Waals surface area contributed by atoms with Crippen LogP contribution in [0.3, 0.4) is 0 Å². The number of halogens is 1. The molecule has 2 aliphatic rings. The summed E-state index contributed by atoms with van der Waals surface area (Å²) in [7, 11) is 0. The fraction of sp³-hybridized carbons (Fsp3) is 0.688. The van der Waals surface area contributed by atoms with E-state index in [1.807, 2.05) is 13.8 Å². The summed E-state index contributed by atoms with van der Waals surface area (Å²) in [4.78, 5) is 12.4. The van der Waals surface area contributed by atoms with Gasteiger partial charge in [0.15, 0.2) is 11.5 Å². The number of hydrogen-bond donors (Lipinski definition) is 3. The van der Waals surface area contributed by atoms with E-state index in [0.717, 1.165) is 6.42 Å². The molecule has 0 saturated heterocycles. The number of anilines is 1. The van der Waals surface area contributed by atoms with Crippen LogP contribution >= 0.6 is 28.7 Å². The van der Waals surface area contributed by atoms with Gasteiger partial charge >= 0.3 is 0 Å². The van der Waals surface area contributed by atoms with Crippen LogP contribution in [0.5, 0.6) is 0 Å². The fourth-order valence-electron chi connectivity index (χ4n) is 4.28. The van der Waals surface area contributed by atoms with Crippen molar-refractivity contribution in [2.45, 2.75) is 38.5 Å². The highest BCUT2D eigenvalue weighted by Gasteiger charge is 2.71. The number of aliphatic hydroxyl groups excluding tert-OH is 2. The third-order valence-electron chi connectivity index (χ3n) is 5.66. The van der Waals surface area contributed by atoms with Crippen LogP contribution in [0, 0.1) is 11.3 Å². The van der Waals surface area contributed by atoms with Gasteiger partial charge in [0.05, 0.1) is 31.7 Å². The second kappa shape index (κ2) is 7.87. The molecule has 2 saturated carbocycles. The van der Waals surface area contributed by atoms with Crippen LogP contribution in [0.25, 0.3) is 11.2 Å². The Balaban J connectivity index is 1.60. The predicted molar refractivity (Wildman–Crippen MR) is 116 cm³/mol. The highest BCUT2D eigenvalue weighted by Crippen LogP contribution is 2.72. The van der Waals surface area contributed by atoms with Crippen molar-refractivity contribution in [3.63, 3.8) is 0 Å². The van der Waals surface area contributed by atoms with Crippen LogP contribution < -0.4 is 5.73 Å².